The Morgan fingerprint density at radius 3 is 2.61 bits per heavy atom. The molecule has 0 aliphatic heterocycles. The van der Waals surface area contributed by atoms with Crippen molar-refractivity contribution in [1.82, 2.24) is 0 Å². The first-order valence-electron chi connectivity index (χ1n) is 7.14. The van der Waals surface area contributed by atoms with Crippen molar-refractivity contribution < 1.29 is 0 Å². The van der Waals surface area contributed by atoms with Crippen LogP contribution in [0.25, 0.3) is 0 Å². The van der Waals surface area contributed by atoms with E-state index in [9.17, 15) is 0 Å². The molecule has 2 N–H and O–H groups in total. The molecule has 1 aliphatic rings. The van der Waals surface area contributed by atoms with Crippen LogP contribution in [0, 0.1) is 19.8 Å². The second-order valence-electron chi connectivity index (χ2n) is 5.54. The first-order chi connectivity index (χ1) is 8.70. The monoisotopic (exact) mass is 263 g/mol. The molecule has 1 fully saturated rings. The van der Waals surface area contributed by atoms with E-state index in [1.165, 1.54) is 48.1 Å². The van der Waals surface area contributed by atoms with Gasteiger partial charge >= 0.3 is 0 Å². The van der Waals surface area contributed by atoms with Crippen LogP contribution in [0.1, 0.15) is 43.2 Å². The van der Waals surface area contributed by atoms with Gasteiger partial charge in [-0.2, -0.15) is 0 Å². The first kappa shape index (κ1) is 14.0. The van der Waals surface area contributed by atoms with Gasteiger partial charge in [0.1, 0.15) is 0 Å². The van der Waals surface area contributed by atoms with Crippen molar-refractivity contribution in [3.05, 3.63) is 29.3 Å². The number of rotatable bonds is 3. The number of hydrogen-bond donors (Lipinski definition) is 1. The summed E-state index contributed by atoms with van der Waals surface area (Å²) in [5.74, 6) is 0.708. The van der Waals surface area contributed by atoms with Crippen molar-refractivity contribution in [2.75, 3.05) is 6.54 Å². The Labute approximate surface area is 116 Å². The molecule has 2 heteroatoms. The van der Waals surface area contributed by atoms with Crippen LogP contribution in [0.4, 0.5) is 0 Å². The van der Waals surface area contributed by atoms with E-state index in [-0.39, 0.29) is 0 Å². The van der Waals surface area contributed by atoms with E-state index in [1.54, 1.807) is 0 Å². The van der Waals surface area contributed by atoms with Gasteiger partial charge in [-0.15, -0.1) is 11.8 Å². The molecule has 2 unspecified atom stereocenters. The summed E-state index contributed by atoms with van der Waals surface area (Å²) in [4.78, 5) is 1.42. The summed E-state index contributed by atoms with van der Waals surface area (Å²) in [5, 5.41) is 0.722. The predicted octanol–water partition coefficient (Wildman–Crippen LogP) is 4.30. The SMILES string of the molecule is Cc1ccc(SC2CCCCCC2CN)cc1C. The van der Waals surface area contributed by atoms with E-state index in [0.717, 1.165) is 11.8 Å². The summed E-state index contributed by atoms with van der Waals surface area (Å²) < 4.78 is 0. The maximum atomic E-state index is 5.96. The summed E-state index contributed by atoms with van der Waals surface area (Å²) in [6.45, 7) is 5.23. The third-order valence-corrected chi connectivity index (χ3v) is 5.61. The molecule has 2 atom stereocenters. The minimum Gasteiger partial charge on any atom is -0.330 e. The highest BCUT2D eigenvalue weighted by molar-refractivity contribution is 8.00. The average Bonchev–Trinajstić information content (AvgIpc) is 2.59. The fraction of sp³-hybridized carbons (Fsp3) is 0.625. The molecule has 100 valence electrons. The van der Waals surface area contributed by atoms with Crippen LogP contribution in [0.5, 0.6) is 0 Å². The average molecular weight is 263 g/mol. The van der Waals surface area contributed by atoms with Crippen LogP contribution in [0.3, 0.4) is 0 Å². The lowest BCUT2D eigenvalue weighted by Gasteiger charge is -2.23. The fourth-order valence-corrected chi connectivity index (χ4v) is 4.20. The Bertz CT molecular complexity index is 389. The Morgan fingerprint density at radius 1 is 1.11 bits per heavy atom. The lowest BCUT2D eigenvalue weighted by atomic mass is 10.0. The van der Waals surface area contributed by atoms with Crippen molar-refractivity contribution >= 4 is 11.8 Å². The topological polar surface area (TPSA) is 26.0 Å². The summed E-state index contributed by atoms with van der Waals surface area (Å²) in [6.07, 6.45) is 6.78. The van der Waals surface area contributed by atoms with Gasteiger partial charge in [0.15, 0.2) is 0 Å². The molecule has 0 saturated heterocycles. The molecule has 0 bridgehead atoms. The number of hydrogen-bond acceptors (Lipinski definition) is 2. The molecule has 1 aromatic carbocycles. The zero-order valence-corrected chi connectivity index (χ0v) is 12.4. The Balaban J connectivity index is 2.07. The molecule has 1 nitrogen and oxygen atoms in total. The number of thioether (sulfide) groups is 1. The highest BCUT2D eigenvalue weighted by Gasteiger charge is 2.23. The zero-order valence-electron chi connectivity index (χ0n) is 11.6. The molecule has 18 heavy (non-hydrogen) atoms. The van der Waals surface area contributed by atoms with Gasteiger partial charge in [0.25, 0.3) is 0 Å². The molecular formula is C16H25NS. The van der Waals surface area contributed by atoms with Gasteiger partial charge in [-0.25, -0.2) is 0 Å². The smallest absolute Gasteiger partial charge is 0.0135 e. The molecule has 1 saturated carbocycles. The van der Waals surface area contributed by atoms with Gasteiger partial charge in [-0.3, -0.25) is 0 Å². The quantitative estimate of drug-likeness (QED) is 0.823. The Hall–Kier alpha value is -0.470. The molecule has 0 spiro atoms. The molecule has 0 aromatic heterocycles. The van der Waals surface area contributed by atoms with Gasteiger partial charge < -0.3 is 5.73 Å². The van der Waals surface area contributed by atoms with Gasteiger partial charge in [-0.05, 0) is 62.4 Å². The third kappa shape index (κ3) is 3.52. The maximum Gasteiger partial charge on any atom is 0.0135 e. The van der Waals surface area contributed by atoms with E-state index in [1.807, 2.05) is 0 Å². The Kier molecular flexibility index (Phi) is 5.13. The Morgan fingerprint density at radius 2 is 1.89 bits per heavy atom. The third-order valence-electron chi connectivity index (χ3n) is 4.16. The standard InChI is InChI=1S/C16H25NS/c1-12-8-9-15(10-13(12)2)18-16-7-5-3-4-6-14(16)11-17/h8-10,14,16H,3-7,11,17H2,1-2H3. The van der Waals surface area contributed by atoms with Gasteiger partial charge in [-0.1, -0.05) is 25.3 Å². The second-order valence-corrected chi connectivity index (χ2v) is 6.85. The maximum absolute atomic E-state index is 5.96. The molecular weight excluding hydrogens is 238 g/mol. The van der Waals surface area contributed by atoms with Crippen LogP contribution in [-0.4, -0.2) is 11.8 Å². The van der Waals surface area contributed by atoms with Crippen molar-refractivity contribution in [3.8, 4) is 0 Å². The highest BCUT2D eigenvalue weighted by Crippen LogP contribution is 2.36. The summed E-state index contributed by atoms with van der Waals surface area (Å²) >= 11 is 2.05. The lowest BCUT2D eigenvalue weighted by Crippen LogP contribution is -2.24. The molecule has 0 heterocycles. The summed E-state index contributed by atoms with van der Waals surface area (Å²) in [7, 11) is 0. The molecule has 1 aromatic rings. The number of aryl methyl sites for hydroxylation is 2. The molecule has 1 aliphatic carbocycles. The molecule has 0 amide bonds. The van der Waals surface area contributed by atoms with Crippen molar-refractivity contribution in [2.24, 2.45) is 11.7 Å². The van der Waals surface area contributed by atoms with Gasteiger partial charge in [0.05, 0.1) is 0 Å². The van der Waals surface area contributed by atoms with Crippen LogP contribution >= 0.6 is 11.8 Å². The minimum absolute atomic E-state index is 0.708. The van der Waals surface area contributed by atoms with Gasteiger partial charge in [0.2, 0.25) is 0 Å². The highest BCUT2D eigenvalue weighted by atomic mass is 32.2. The lowest BCUT2D eigenvalue weighted by molar-refractivity contribution is 0.483. The van der Waals surface area contributed by atoms with E-state index < -0.39 is 0 Å². The van der Waals surface area contributed by atoms with Gasteiger partial charge in [0, 0.05) is 10.1 Å². The van der Waals surface area contributed by atoms with Crippen LogP contribution in [0.15, 0.2) is 23.1 Å². The normalized spacial score (nSPS) is 24.8. The van der Waals surface area contributed by atoms with Crippen LogP contribution in [0.2, 0.25) is 0 Å². The van der Waals surface area contributed by atoms with E-state index >= 15 is 0 Å². The fourth-order valence-electron chi connectivity index (χ4n) is 2.74. The van der Waals surface area contributed by atoms with E-state index in [2.05, 4.69) is 43.8 Å². The van der Waals surface area contributed by atoms with Crippen LogP contribution in [-0.2, 0) is 0 Å². The summed E-state index contributed by atoms with van der Waals surface area (Å²) in [5.41, 5.74) is 8.74. The number of benzene rings is 1. The zero-order chi connectivity index (χ0) is 13.0. The first-order valence-corrected chi connectivity index (χ1v) is 8.02. The minimum atomic E-state index is 0.708. The largest absolute Gasteiger partial charge is 0.330 e. The summed E-state index contributed by atoms with van der Waals surface area (Å²) in [6, 6.07) is 6.84. The predicted molar refractivity (Wildman–Crippen MR) is 81.2 cm³/mol. The molecule has 2 rings (SSSR count). The van der Waals surface area contributed by atoms with Crippen LogP contribution < -0.4 is 5.73 Å². The van der Waals surface area contributed by atoms with E-state index in [4.69, 9.17) is 5.73 Å². The van der Waals surface area contributed by atoms with Crippen molar-refractivity contribution in [1.29, 1.82) is 0 Å². The molecule has 0 radical (unpaired) electrons. The second kappa shape index (κ2) is 6.63. The van der Waals surface area contributed by atoms with Crippen molar-refractivity contribution in [3.63, 3.8) is 0 Å². The van der Waals surface area contributed by atoms with E-state index in [0.29, 0.717) is 5.92 Å². The van der Waals surface area contributed by atoms with Crippen molar-refractivity contribution in [2.45, 2.75) is 56.1 Å². The number of nitrogens with two attached hydrogens (primary N) is 1.